The standard InChI is InChI=1S/C13H20O4/c1-12(10-15)4-5-13(16-7-8-17-13)9-11(12)3-2-6-14/h6,10-11H,2-5,7-9H2,1H3/t11-,12-/m1/s1. The highest BCUT2D eigenvalue weighted by Gasteiger charge is 2.49. The van der Waals surface area contributed by atoms with Crippen LogP contribution in [0.15, 0.2) is 0 Å². The van der Waals surface area contributed by atoms with Crippen LogP contribution in [0.25, 0.3) is 0 Å². The highest BCUT2D eigenvalue weighted by atomic mass is 16.7. The summed E-state index contributed by atoms with van der Waals surface area (Å²) in [5.74, 6) is -0.298. The molecule has 1 heterocycles. The Morgan fingerprint density at radius 2 is 1.94 bits per heavy atom. The molecule has 4 heteroatoms. The van der Waals surface area contributed by atoms with Gasteiger partial charge >= 0.3 is 0 Å². The van der Waals surface area contributed by atoms with E-state index in [0.29, 0.717) is 19.6 Å². The number of carbonyl (C=O) groups is 2. The summed E-state index contributed by atoms with van der Waals surface area (Å²) < 4.78 is 11.4. The SMILES string of the molecule is C[C@]1(C=O)CCC2(C[C@H]1CCC=O)OCCO2. The van der Waals surface area contributed by atoms with E-state index in [1.165, 1.54) is 0 Å². The maximum absolute atomic E-state index is 11.3. The van der Waals surface area contributed by atoms with Crippen LogP contribution < -0.4 is 0 Å². The quantitative estimate of drug-likeness (QED) is 0.702. The summed E-state index contributed by atoms with van der Waals surface area (Å²) in [6.07, 6.45) is 5.50. The van der Waals surface area contributed by atoms with Gasteiger partial charge in [0.2, 0.25) is 0 Å². The molecule has 1 spiro atoms. The molecule has 96 valence electrons. The van der Waals surface area contributed by atoms with E-state index in [4.69, 9.17) is 9.47 Å². The molecule has 1 saturated heterocycles. The lowest BCUT2D eigenvalue weighted by atomic mass is 9.65. The number of aldehydes is 2. The van der Waals surface area contributed by atoms with Crippen LogP contribution in [0.5, 0.6) is 0 Å². The normalized spacial score (nSPS) is 35.9. The number of rotatable bonds is 4. The van der Waals surface area contributed by atoms with Gasteiger partial charge in [-0.25, -0.2) is 0 Å². The molecule has 0 N–H and O–H groups in total. The molecule has 1 aliphatic heterocycles. The molecule has 0 aromatic heterocycles. The summed E-state index contributed by atoms with van der Waals surface area (Å²) in [7, 11) is 0. The molecule has 0 aromatic rings. The predicted molar refractivity (Wildman–Crippen MR) is 61.4 cm³/mol. The third-order valence-corrected chi connectivity index (χ3v) is 4.25. The van der Waals surface area contributed by atoms with E-state index in [2.05, 4.69) is 0 Å². The predicted octanol–water partition coefficient (Wildman–Crippen LogP) is 1.71. The second-order valence-corrected chi connectivity index (χ2v) is 5.38. The Balaban J connectivity index is 2.09. The number of hydrogen-bond acceptors (Lipinski definition) is 4. The monoisotopic (exact) mass is 240 g/mol. The van der Waals surface area contributed by atoms with Crippen molar-refractivity contribution >= 4 is 12.6 Å². The van der Waals surface area contributed by atoms with Crippen molar-refractivity contribution in [2.45, 2.75) is 44.8 Å². The molecule has 2 rings (SSSR count). The lowest BCUT2D eigenvalue weighted by Crippen LogP contribution is -2.45. The van der Waals surface area contributed by atoms with E-state index in [9.17, 15) is 9.59 Å². The van der Waals surface area contributed by atoms with Gasteiger partial charge in [0, 0.05) is 24.7 Å². The molecule has 1 saturated carbocycles. The van der Waals surface area contributed by atoms with Crippen molar-refractivity contribution in [2.24, 2.45) is 11.3 Å². The zero-order valence-corrected chi connectivity index (χ0v) is 10.3. The first kappa shape index (κ1) is 12.7. The Labute approximate surface area is 102 Å². The van der Waals surface area contributed by atoms with E-state index < -0.39 is 5.79 Å². The van der Waals surface area contributed by atoms with Gasteiger partial charge < -0.3 is 19.1 Å². The minimum atomic E-state index is -0.476. The summed E-state index contributed by atoms with van der Waals surface area (Å²) in [6.45, 7) is 3.26. The van der Waals surface area contributed by atoms with Gasteiger partial charge in [0.05, 0.1) is 13.2 Å². The third-order valence-electron chi connectivity index (χ3n) is 4.25. The Morgan fingerprint density at radius 3 is 2.53 bits per heavy atom. The van der Waals surface area contributed by atoms with Crippen LogP contribution in [0, 0.1) is 11.3 Å². The molecule has 0 bridgehead atoms. The van der Waals surface area contributed by atoms with E-state index in [-0.39, 0.29) is 11.3 Å². The number of carbonyl (C=O) groups excluding carboxylic acids is 2. The van der Waals surface area contributed by atoms with Crippen LogP contribution in [0.4, 0.5) is 0 Å². The van der Waals surface area contributed by atoms with Gasteiger partial charge in [-0.2, -0.15) is 0 Å². The molecule has 2 atom stereocenters. The van der Waals surface area contributed by atoms with Crippen molar-refractivity contribution in [1.29, 1.82) is 0 Å². The van der Waals surface area contributed by atoms with Gasteiger partial charge in [-0.3, -0.25) is 0 Å². The van der Waals surface area contributed by atoms with E-state index in [1.54, 1.807) is 0 Å². The fourth-order valence-electron chi connectivity index (χ4n) is 2.99. The maximum Gasteiger partial charge on any atom is 0.168 e. The van der Waals surface area contributed by atoms with Crippen molar-refractivity contribution < 1.29 is 19.1 Å². The van der Waals surface area contributed by atoms with Gasteiger partial charge in [0.15, 0.2) is 5.79 Å². The third kappa shape index (κ3) is 2.43. The molecule has 0 radical (unpaired) electrons. The second kappa shape index (κ2) is 4.86. The van der Waals surface area contributed by atoms with Crippen molar-refractivity contribution in [3.05, 3.63) is 0 Å². The first-order chi connectivity index (χ1) is 8.14. The Bertz CT molecular complexity index is 296. The van der Waals surface area contributed by atoms with Gasteiger partial charge in [-0.1, -0.05) is 6.92 Å². The summed E-state index contributed by atoms with van der Waals surface area (Å²) in [4.78, 5) is 21.8. The highest BCUT2D eigenvalue weighted by molar-refractivity contribution is 5.60. The van der Waals surface area contributed by atoms with Crippen LogP contribution in [0.1, 0.15) is 39.0 Å². The second-order valence-electron chi connectivity index (χ2n) is 5.38. The van der Waals surface area contributed by atoms with E-state index >= 15 is 0 Å². The van der Waals surface area contributed by atoms with Gasteiger partial charge in [0.25, 0.3) is 0 Å². The average molecular weight is 240 g/mol. The van der Waals surface area contributed by atoms with Crippen LogP contribution in [-0.4, -0.2) is 31.6 Å². The summed E-state index contributed by atoms with van der Waals surface area (Å²) in [5.41, 5.74) is -0.330. The van der Waals surface area contributed by atoms with Gasteiger partial charge in [-0.15, -0.1) is 0 Å². The smallest absolute Gasteiger partial charge is 0.168 e. The first-order valence-corrected chi connectivity index (χ1v) is 6.32. The molecule has 4 nitrogen and oxygen atoms in total. The Kier molecular flexibility index (Phi) is 3.64. The summed E-state index contributed by atoms with van der Waals surface area (Å²) in [5, 5.41) is 0. The Morgan fingerprint density at radius 1 is 1.24 bits per heavy atom. The molecule has 0 aromatic carbocycles. The lowest BCUT2D eigenvalue weighted by molar-refractivity contribution is -0.204. The largest absolute Gasteiger partial charge is 0.348 e. The average Bonchev–Trinajstić information content (AvgIpc) is 2.80. The molecule has 0 unspecified atom stereocenters. The molecule has 2 aliphatic rings. The van der Waals surface area contributed by atoms with Gasteiger partial charge in [0.1, 0.15) is 12.6 Å². The van der Waals surface area contributed by atoms with Gasteiger partial charge in [-0.05, 0) is 18.8 Å². The van der Waals surface area contributed by atoms with Crippen LogP contribution in [-0.2, 0) is 19.1 Å². The summed E-state index contributed by atoms with van der Waals surface area (Å²) in [6, 6.07) is 0. The van der Waals surface area contributed by atoms with Crippen LogP contribution in [0.2, 0.25) is 0 Å². The van der Waals surface area contributed by atoms with Crippen molar-refractivity contribution in [3.63, 3.8) is 0 Å². The maximum atomic E-state index is 11.3. The lowest BCUT2D eigenvalue weighted by Gasteiger charge is -2.44. The molecule has 2 fully saturated rings. The summed E-state index contributed by atoms with van der Waals surface area (Å²) >= 11 is 0. The van der Waals surface area contributed by atoms with Crippen LogP contribution in [0.3, 0.4) is 0 Å². The van der Waals surface area contributed by atoms with Crippen molar-refractivity contribution in [2.75, 3.05) is 13.2 Å². The van der Waals surface area contributed by atoms with E-state index in [1.807, 2.05) is 6.92 Å². The van der Waals surface area contributed by atoms with Crippen molar-refractivity contribution in [3.8, 4) is 0 Å². The van der Waals surface area contributed by atoms with Crippen LogP contribution >= 0.6 is 0 Å². The van der Waals surface area contributed by atoms with Crippen molar-refractivity contribution in [1.82, 2.24) is 0 Å². The molecular weight excluding hydrogens is 220 g/mol. The minimum Gasteiger partial charge on any atom is -0.348 e. The molecular formula is C13H20O4. The molecule has 0 amide bonds. The first-order valence-electron chi connectivity index (χ1n) is 6.32. The molecule has 17 heavy (non-hydrogen) atoms. The zero-order chi connectivity index (χ0) is 12.4. The fourth-order valence-corrected chi connectivity index (χ4v) is 2.99. The zero-order valence-electron chi connectivity index (χ0n) is 10.3. The number of hydrogen-bond donors (Lipinski definition) is 0. The topological polar surface area (TPSA) is 52.6 Å². The highest BCUT2D eigenvalue weighted by Crippen LogP contribution is 2.48. The fraction of sp³-hybridized carbons (Fsp3) is 0.846. The number of ether oxygens (including phenoxy) is 2. The molecule has 1 aliphatic carbocycles. The van der Waals surface area contributed by atoms with E-state index in [0.717, 1.165) is 38.3 Å². The minimum absolute atomic E-state index is 0.178. The Hall–Kier alpha value is -0.740.